The summed E-state index contributed by atoms with van der Waals surface area (Å²) < 4.78 is 44.6. The van der Waals surface area contributed by atoms with Crippen molar-refractivity contribution in [1.29, 1.82) is 0 Å². The predicted octanol–water partition coefficient (Wildman–Crippen LogP) is 0.176. The number of hydrogen-bond donors (Lipinski definition) is 4. The molecule has 28 heavy (non-hydrogen) atoms. The number of carbonyl (C=O) groups excluding carboxylic acids is 3. The Hall–Kier alpha value is -3.34. The zero-order valence-electron chi connectivity index (χ0n) is 14.8. The van der Waals surface area contributed by atoms with E-state index in [1.807, 2.05) is 0 Å². The van der Waals surface area contributed by atoms with Crippen molar-refractivity contribution >= 4 is 23.5 Å². The Morgan fingerprint density at radius 1 is 1.04 bits per heavy atom. The predicted molar refractivity (Wildman–Crippen MR) is 90.7 cm³/mol. The molecule has 1 heterocycles. The first kappa shape index (κ1) is 21.0. The second kappa shape index (κ2) is 9.55. The van der Waals surface area contributed by atoms with Crippen LogP contribution in [0.2, 0.25) is 0 Å². The van der Waals surface area contributed by atoms with Gasteiger partial charge in [0.2, 0.25) is 0 Å². The van der Waals surface area contributed by atoms with E-state index in [1.165, 1.54) is 13.3 Å². The number of benzene rings is 1. The van der Waals surface area contributed by atoms with E-state index in [-0.39, 0.29) is 19.6 Å². The van der Waals surface area contributed by atoms with Crippen LogP contribution in [0.1, 0.15) is 5.76 Å². The monoisotopic (exact) mass is 399 g/mol. The largest absolute Gasteiger partial charge is 0.467 e. The van der Waals surface area contributed by atoms with Crippen molar-refractivity contribution in [2.75, 3.05) is 25.5 Å². The van der Waals surface area contributed by atoms with Gasteiger partial charge < -0.3 is 20.0 Å². The molecule has 1 aromatic carbocycles. The van der Waals surface area contributed by atoms with Crippen LogP contribution in [-0.4, -0.2) is 38.0 Å². The molecule has 0 aliphatic rings. The summed E-state index contributed by atoms with van der Waals surface area (Å²) >= 11 is 0. The quantitative estimate of drug-likeness (QED) is 0.499. The number of carbonyl (C=O) groups is 3. The standard InChI is InChI=1S/C17H17F3N4O4/c1-24(8-13(25)22-12-5-4-11(18)15(19)16(12)20)9-14(26)23-17(27)21-7-10-3-2-6-28-10/h2-6H,7-9H2,1H3,(H,22,25)(H2,21,23,26,27)/p+1. The average molecular weight is 399 g/mol. The third kappa shape index (κ3) is 6.13. The molecule has 0 spiro atoms. The zero-order chi connectivity index (χ0) is 20.7. The molecule has 0 radical (unpaired) electrons. The molecule has 0 aliphatic heterocycles. The van der Waals surface area contributed by atoms with Crippen molar-refractivity contribution < 1.29 is 36.9 Å². The maximum atomic E-state index is 13.5. The highest BCUT2D eigenvalue weighted by atomic mass is 19.2. The third-order valence-corrected chi connectivity index (χ3v) is 3.49. The number of hydrogen-bond acceptors (Lipinski definition) is 4. The molecule has 2 aromatic rings. The minimum absolute atomic E-state index is 0.0943. The van der Waals surface area contributed by atoms with Crippen molar-refractivity contribution in [3.05, 3.63) is 53.7 Å². The Labute approximate surface area is 157 Å². The number of amides is 4. The smallest absolute Gasteiger partial charge is 0.321 e. The van der Waals surface area contributed by atoms with Crippen molar-refractivity contribution in [3.8, 4) is 0 Å². The lowest BCUT2D eigenvalue weighted by Gasteiger charge is -2.14. The summed E-state index contributed by atoms with van der Waals surface area (Å²) in [6.07, 6.45) is 1.44. The van der Waals surface area contributed by atoms with Crippen LogP contribution in [0.25, 0.3) is 0 Å². The van der Waals surface area contributed by atoms with E-state index >= 15 is 0 Å². The van der Waals surface area contributed by atoms with Gasteiger partial charge in [-0.3, -0.25) is 14.9 Å². The molecule has 8 nitrogen and oxygen atoms in total. The van der Waals surface area contributed by atoms with Gasteiger partial charge in [0.15, 0.2) is 30.5 Å². The van der Waals surface area contributed by atoms with Crippen molar-refractivity contribution in [2.24, 2.45) is 0 Å². The summed E-state index contributed by atoms with van der Waals surface area (Å²) in [7, 11) is 1.49. The van der Waals surface area contributed by atoms with Gasteiger partial charge in [-0.15, -0.1) is 0 Å². The Balaban J connectivity index is 1.75. The molecular formula is C17H18F3N4O4+. The summed E-state index contributed by atoms with van der Waals surface area (Å²) in [6, 6.07) is 4.13. The third-order valence-electron chi connectivity index (χ3n) is 3.49. The minimum Gasteiger partial charge on any atom is -0.467 e. The molecule has 0 saturated carbocycles. The van der Waals surface area contributed by atoms with Crippen LogP contribution in [0.15, 0.2) is 34.9 Å². The second-order valence-electron chi connectivity index (χ2n) is 5.89. The number of nitrogens with one attached hydrogen (secondary N) is 4. The number of urea groups is 1. The first-order valence-corrected chi connectivity index (χ1v) is 8.11. The molecule has 1 unspecified atom stereocenters. The number of anilines is 1. The van der Waals surface area contributed by atoms with E-state index in [0.29, 0.717) is 16.7 Å². The van der Waals surface area contributed by atoms with E-state index in [4.69, 9.17) is 4.42 Å². The average Bonchev–Trinajstić information content (AvgIpc) is 3.13. The van der Waals surface area contributed by atoms with Gasteiger partial charge in [-0.05, 0) is 24.3 Å². The molecule has 11 heteroatoms. The molecule has 1 atom stereocenters. The summed E-state index contributed by atoms with van der Waals surface area (Å²) in [5.74, 6) is -5.46. The number of likely N-dealkylation sites (N-methyl/N-ethyl adjacent to an activating group) is 1. The van der Waals surface area contributed by atoms with E-state index in [9.17, 15) is 27.6 Å². The highest BCUT2D eigenvalue weighted by molar-refractivity contribution is 5.95. The molecule has 0 bridgehead atoms. The van der Waals surface area contributed by atoms with E-state index in [1.54, 1.807) is 12.1 Å². The fourth-order valence-corrected chi connectivity index (χ4v) is 2.22. The lowest BCUT2D eigenvalue weighted by molar-refractivity contribution is -0.862. The fourth-order valence-electron chi connectivity index (χ4n) is 2.22. The molecule has 0 aliphatic carbocycles. The first-order valence-electron chi connectivity index (χ1n) is 8.11. The van der Waals surface area contributed by atoms with Gasteiger partial charge in [0.05, 0.1) is 25.5 Å². The zero-order valence-corrected chi connectivity index (χ0v) is 14.8. The molecular weight excluding hydrogens is 381 g/mol. The van der Waals surface area contributed by atoms with Gasteiger partial charge in [-0.25, -0.2) is 18.0 Å². The fraction of sp³-hybridized carbons (Fsp3) is 0.235. The van der Waals surface area contributed by atoms with Crippen molar-refractivity contribution in [2.45, 2.75) is 6.54 Å². The molecule has 150 valence electrons. The maximum absolute atomic E-state index is 13.5. The van der Waals surface area contributed by atoms with Crippen LogP contribution >= 0.6 is 0 Å². The summed E-state index contributed by atoms with van der Waals surface area (Å²) in [4.78, 5) is 35.7. The Morgan fingerprint density at radius 3 is 2.43 bits per heavy atom. The molecule has 0 fully saturated rings. The Kier molecular flexibility index (Phi) is 7.15. The molecule has 4 N–H and O–H groups in total. The first-order chi connectivity index (χ1) is 13.3. The highest BCUT2D eigenvalue weighted by Gasteiger charge is 2.19. The van der Waals surface area contributed by atoms with Crippen LogP contribution in [0.5, 0.6) is 0 Å². The van der Waals surface area contributed by atoms with Gasteiger partial charge in [0, 0.05) is 0 Å². The molecule has 0 saturated heterocycles. The lowest BCUT2D eigenvalue weighted by atomic mass is 10.2. The number of furan rings is 1. The van der Waals surface area contributed by atoms with Gasteiger partial charge in [-0.2, -0.15) is 0 Å². The van der Waals surface area contributed by atoms with Crippen molar-refractivity contribution in [1.82, 2.24) is 10.6 Å². The van der Waals surface area contributed by atoms with Gasteiger partial charge in [0.1, 0.15) is 5.76 Å². The number of halogens is 3. The van der Waals surface area contributed by atoms with Crippen LogP contribution in [0, 0.1) is 17.5 Å². The summed E-state index contributed by atoms with van der Waals surface area (Å²) in [6.45, 7) is -0.418. The maximum Gasteiger partial charge on any atom is 0.321 e. The highest BCUT2D eigenvalue weighted by Crippen LogP contribution is 2.19. The normalized spacial score (nSPS) is 11.6. The van der Waals surface area contributed by atoms with Crippen LogP contribution in [0.3, 0.4) is 0 Å². The number of imide groups is 1. The van der Waals surface area contributed by atoms with E-state index < -0.39 is 41.0 Å². The number of quaternary nitrogens is 1. The molecule has 1 aromatic heterocycles. The molecule has 4 amide bonds. The molecule has 2 rings (SSSR count). The summed E-state index contributed by atoms with van der Waals surface area (Å²) in [5, 5.41) is 6.60. The Bertz CT molecular complexity index is 858. The number of rotatable bonds is 7. The van der Waals surface area contributed by atoms with E-state index in [2.05, 4.69) is 16.0 Å². The van der Waals surface area contributed by atoms with Crippen molar-refractivity contribution in [3.63, 3.8) is 0 Å². The minimum atomic E-state index is -1.70. The van der Waals surface area contributed by atoms with Crippen LogP contribution in [0.4, 0.5) is 23.7 Å². The van der Waals surface area contributed by atoms with Crippen LogP contribution in [-0.2, 0) is 16.1 Å². The van der Waals surface area contributed by atoms with E-state index in [0.717, 1.165) is 6.07 Å². The van der Waals surface area contributed by atoms with Gasteiger partial charge in [0.25, 0.3) is 11.8 Å². The van der Waals surface area contributed by atoms with Crippen LogP contribution < -0.4 is 20.9 Å². The lowest BCUT2D eigenvalue weighted by Crippen LogP contribution is -3.11. The second-order valence-corrected chi connectivity index (χ2v) is 5.89. The van der Waals surface area contributed by atoms with Gasteiger partial charge in [-0.1, -0.05) is 0 Å². The topological polar surface area (TPSA) is 105 Å². The SMILES string of the molecule is C[NH+](CC(=O)NC(=O)NCc1ccco1)CC(=O)Nc1ccc(F)c(F)c1F. The Morgan fingerprint density at radius 2 is 1.75 bits per heavy atom. The summed E-state index contributed by atoms with van der Waals surface area (Å²) in [5.41, 5.74) is -0.515. The van der Waals surface area contributed by atoms with Gasteiger partial charge >= 0.3 is 6.03 Å².